The zero-order chi connectivity index (χ0) is 15.7. The fourth-order valence-electron chi connectivity index (χ4n) is 3.00. The molecular weight excluding hydrogens is 322 g/mol. The smallest absolute Gasteiger partial charge is 0.232 e. The van der Waals surface area contributed by atoms with Crippen LogP contribution in [-0.2, 0) is 16.4 Å². The van der Waals surface area contributed by atoms with Gasteiger partial charge in [-0.3, -0.25) is 4.72 Å². The Morgan fingerprint density at radius 2 is 2.27 bits per heavy atom. The molecule has 3 rings (SSSR count). The number of H-pyrrole nitrogens is 1. The fourth-order valence-corrected chi connectivity index (χ4v) is 3.98. The molecule has 1 unspecified atom stereocenters. The second-order valence-corrected chi connectivity index (χ2v) is 7.85. The third-order valence-corrected chi connectivity index (χ3v) is 5.71. The molecule has 1 heterocycles. The van der Waals surface area contributed by atoms with E-state index in [0.717, 1.165) is 36.1 Å². The Kier molecular flexibility index (Phi) is 4.14. The SMILES string of the molecule is CCS(=O)(=O)Nc1ccc(Cl)c2c1CCCC2c1c[nH]cn1. The first-order chi connectivity index (χ1) is 10.5. The van der Waals surface area contributed by atoms with Gasteiger partial charge in [0.2, 0.25) is 10.0 Å². The summed E-state index contributed by atoms with van der Waals surface area (Å²) < 4.78 is 26.5. The number of nitrogens with one attached hydrogen (secondary N) is 2. The van der Waals surface area contributed by atoms with Crippen molar-refractivity contribution in [2.45, 2.75) is 32.1 Å². The van der Waals surface area contributed by atoms with Gasteiger partial charge < -0.3 is 4.98 Å². The average molecular weight is 340 g/mol. The van der Waals surface area contributed by atoms with Gasteiger partial charge in [-0.2, -0.15) is 0 Å². The van der Waals surface area contributed by atoms with Crippen LogP contribution in [0.1, 0.15) is 42.5 Å². The van der Waals surface area contributed by atoms with Crippen molar-refractivity contribution in [3.8, 4) is 0 Å². The van der Waals surface area contributed by atoms with Crippen LogP contribution < -0.4 is 4.72 Å². The Morgan fingerprint density at radius 1 is 1.45 bits per heavy atom. The number of rotatable bonds is 4. The monoisotopic (exact) mass is 339 g/mol. The summed E-state index contributed by atoms with van der Waals surface area (Å²) in [5.74, 6) is 0.154. The standard InChI is InChI=1S/C15H18ClN3O2S/c1-2-22(20,21)19-13-7-6-12(16)15-10(13)4-3-5-11(15)14-8-17-9-18-14/h6-9,11,19H,2-5H2,1H3,(H,17,18). The lowest BCUT2D eigenvalue weighted by Crippen LogP contribution is -2.19. The van der Waals surface area contributed by atoms with Crippen molar-refractivity contribution in [3.63, 3.8) is 0 Å². The summed E-state index contributed by atoms with van der Waals surface area (Å²) >= 11 is 6.42. The van der Waals surface area contributed by atoms with E-state index in [0.29, 0.717) is 10.7 Å². The van der Waals surface area contributed by atoms with Gasteiger partial charge in [-0.1, -0.05) is 11.6 Å². The summed E-state index contributed by atoms with van der Waals surface area (Å²) in [6.07, 6.45) is 6.28. The predicted molar refractivity (Wildman–Crippen MR) is 87.9 cm³/mol. The maximum Gasteiger partial charge on any atom is 0.232 e. The van der Waals surface area contributed by atoms with Gasteiger partial charge in [0.25, 0.3) is 0 Å². The molecule has 1 aromatic carbocycles. The molecular formula is C15H18ClN3O2S. The summed E-state index contributed by atoms with van der Waals surface area (Å²) in [7, 11) is -3.31. The Bertz CT molecular complexity index is 772. The van der Waals surface area contributed by atoms with Gasteiger partial charge >= 0.3 is 0 Å². The molecule has 2 N–H and O–H groups in total. The Hall–Kier alpha value is -1.53. The number of hydrogen-bond donors (Lipinski definition) is 2. The minimum absolute atomic E-state index is 0.0488. The number of nitrogens with zero attached hydrogens (tertiary/aromatic N) is 1. The highest BCUT2D eigenvalue weighted by Crippen LogP contribution is 2.42. The number of imidazole rings is 1. The van der Waals surface area contributed by atoms with Gasteiger partial charge in [-0.25, -0.2) is 13.4 Å². The molecule has 0 radical (unpaired) electrons. The van der Waals surface area contributed by atoms with Crippen LogP contribution in [0.2, 0.25) is 5.02 Å². The Labute approximate surface area is 135 Å². The van der Waals surface area contributed by atoms with Gasteiger partial charge in [-0.15, -0.1) is 0 Å². The highest BCUT2D eigenvalue weighted by Gasteiger charge is 2.28. The van der Waals surface area contributed by atoms with E-state index < -0.39 is 10.0 Å². The van der Waals surface area contributed by atoms with Crippen LogP contribution in [0, 0.1) is 0 Å². The van der Waals surface area contributed by atoms with E-state index in [1.165, 1.54) is 0 Å². The Morgan fingerprint density at radius 3 is 2.95 bits per heavy atom. The topological polar surface area (TPSA) is 74.8 Å². The first kappa shape index (κ1) is 15.4. The molecule has 0 amide bonds. The number of aromatic nitrogens is 2. The molecule has 0 fully saturated rings. The molecule has 1 aromatic heterocycles. The third kappa shape index (κ3) is 2.85. The van der Waals surface area contributed by atoms with Crippen molar-refractivity contribution >= 4 is 27.3 Å². The van der Waals surface area contributed by atoms with E-state index in [-0.39, 0.29) is 11.7 Å². The molecule has 22 heavy (non-hydrogen) atoms. The van der Waals surface area contributed by atoms with E-state index in [2.05, 4.69) is 14.7 Å². The summed E-state index contributed by atoms with van der Waals surface area (Å²) in [6.45, 7) is 1.62. The van der Waals surface area contributed by atoms with Gasteiger partial charge in [0.1, 0.15) is 0 Å². The summed E-state index contributed by atoms with van der Waals surface area (Å²) in [6, 6.07) is 3.51. The number of anilines is 1. The third-order valence-electron chi connectivity index (χ3n) is 4.09. The number of halogens is 1. The van der Waals surface area contributed by atoms with E-state index in [4.69, 9.17) is 11.6 Å². The summed E-state index contributed by atoms with van der Waals surface area (Å²) in [4.78, 5) is 7.32. The predicted octanol–water partition coefficient (Wildman–Crippen LogP) is 3.29. The normalized spacial score (nSPS) is 18.0. The van der Waals surface area contributed by atoms with Crippen molar-refractivity contribution < 1.29 is 8.42 Å². The van der Waals surface area contributed by atoms with Crippen LogP contribution in [0.4, 0.5) is 5.69 Å². The lowest BCUT2D eigenvalue weighted by molar-refractivity contribution is 0.600. The van der Waals surface area contributed by atoms with Crippen LogP contribution in [0.5, 0.6) is 0 Å². The van der Waals surface area contributed by atoms with Gasteiger partial charge in [0, 0.05) is 17.1 Å². The molecule has 2 aromatic rings. The molecule has 0 spiro atoms. The molecule has 0 aliphatic heterocycles. The van der Waals surface area contributed by atoms with E-state index in [9.17, 15) is 8.42 Å². The second kappa shape index (κ2) is 5.93. The maximum absolute atomic E-state index is 11.9. The number of hydrogen-bond acceptors (Lipinski definition) is 3. The Balaban J connectivity index is 2.09. The molecule has 0 saturated heterocycles. The second-order valence-electron chi connectivity index (χ2n) is 5.43. The lowest BCUT2D eigenvalue weighted by Gasteiger charge is -2.27. The zero-order valence-corrected chi connectivity index (χ0v) is 13.8. The van der Waals surface area contributed by atoms with Crippen molar-refractivity contribution in [2.75, 3.05) is 10.5 Å². The van der Waals surface area contributed by atoms with Crippen LogP contribution in [0.15, 0.2) is 24.7 Å². The van der Waals surface area contributed by atoms with Gasteiger partial charge in [-0.05, 0) is 49.4 Å². The zero-order valence-electron chi connectivity index (χ0n) is 12.3. The van der Waals surface area contributed by atoms with E-state index in [1.807, 2.05) is 6.20 Å². The fraction of sp³-hybridized carbons (Fsp3) is 0.400. The van der Waals surface area contributed by atoms with E-state index >= 15 is 0 Å². The molecule has 0 saturated carbocycles. The lowest BCUT2D eigenvalue weighted by atomic mass is 9.80. The van der Waals surface area contributed by atoms with E-state index in [1.54, 1.807) is 25.4 Å². The number of aromatic amines is 1. The van der Waals surface area contributed by atoms with Crippen LogP contribution >= 0.6 is 11.6 Å². The first-order valence-electron chi connectivity index (χ1n) is 7.32. The number of fused-ring (bicyclic) bond motifs is 1. The highest BCUT2D eigenvalue weighted by molar-refractivity contribution is 7.92. The highest BCUT2D eigenvalue weighted by atomic mass is 35.5. The quantitative estimate of drug-likeness (QED) is 0.897. The largest absolute Gasteiger partial charge is 0.351 e. The molecule has 7 heteroatoms. The summed E-state index contributed by atoms with van der Waals surface area (Å²) in [5.41, 5.74) is 3.57. The van der Waals surface area contributed by atoms with Gasteiger partial charge in [0.15, 0.2) is 0 Å². The maximum atomic E-state index is 11.9. The average Bonchev–Trinajstić information content (AvgIpc) is 3.04. The van der Waals surface area contributed by atoms with Crippen molar-refractivity contribution in [1.82, 2.24) is 9.97 Å². The van der Waals surface area contributed by atoms with Crippen LogP contribution in [0.25, 0.3) is 0 Å². The molecule has 118 valence electrons. The molecule has 0 bridgehead atoms. The molecule has 5 nitrogen and oxygen atoms in total. The summed E-state index contributed by atoms with van der Waals surface area (Å²) in [5, 5.41) is 0.669. The molecule has 1 aliphatic rings. The van der Waals surface area contributed by atoms with Crippen LogP contribution in [-0.4, -0.2) is 24.1 Å². The number of sulfonamides is 1. The minimum Gasteiger partial charge on any atom is -0.351 e. The van der Waals surface area contributed by atoms with Gasteiger partial charge in [0.05, 0.1) is 23.5 Å². The number of benzene rings is 1. The molecule has 1 atom stereocenters. The van der Waals surface area contributed by atoms with Crippen molar-refractivity contribution in [1.29, 1.82) is 0 Å². The molecule has 1 aliphatic carbocycles. The van der Waals surface area contributed by atoms with Crippen LogP contribution in [0.3, 0.4) is 0 Å². The van der Waals surface area contributed by atoms with Crippen molar-refractivity contribution in [2.24, 2.45) is 0 Å². The van der Waals surface area contributed by atoms with Crippen molar-refractivity contribution in [3.05, 3.63) is 46.5 Å². The minimum atomic E-state index is -3.31. The first-order valence-corrected chi connectivity index (χ1v) is 9.35.